The predicted molar refractivity (Wildman–Crippen MR) is 161 cm³/mol. The number of sulfonamides is 1. The van der Waals surface area contributed by atoms with Gasteiger partial charge in [0, 0.05) is 49.6 Å². The standard InChI is InChI=1S/C29H36FN7O3S/c1-34(2)23-11-14-36(15-12-23)27-8-6-22(17-25(27)30)32-29-31-18-20-10-13-37(28(20)33-29)19-21-16-24(40-4)7-9-26(21)35(3)41(5,38)39/h6-10,13,16-18,23H,11-12,14-15,19H2,1-5H3,(H,31,32,33). The van der Waals surface area contributed by atoms with E-state index < -0.39 is 10.0 Å². The van der Waals surface area contributed by atoms with Crippen LogP contribution in [0.2, 0.25) is 0 Å². The van der Waals surface area contributed by atoms with Crippen molar-refractivity contribution in [1.82, 2.24) is 19.4 Å². The quantitative estimate of drug-likeness (QED) is 0.313. The number of aromatic nitrogens is 3. The van der Waals surface area contributed by atoms with Gasteiger partial charge in [-0.1, -0.05) is 0 Å². The molecule has 0 amide bonds. The molecule has 4 aromatic rings. The minimum atomic E-state index is -3.47. The van der Waals surface area contributed by atoms with Gasteiger partial charge in [0.15, 0.2) is 0 Å². The van der Waals surface area contributed by atoms with E-state index in [2.05, 4.69) is 34.2 Å². The first-order chi connectivity index (χ1) is 19.5. The first-order valence-electron chi connectivity index (χ1n) is 13.4. The van der Waals surface area contributed by atoms with Gasteiger partial charge in [0.05, 0.1) is 31.3 Å². The van der Waals surface area contributed by atoms with Crippen LogP contribution in [-0.2, 0) is 16.6 Å². The highest BCUT2D eigenvalue weighted by Crippen LogP contribution is 2.30. The highest BCUT2D eigenvalue weighted by molar-refractivity contribution is 7.92. The highest BCUT2D eigenvalue weighted by atomic mass is 32.2. The van der Waals surface area contributed by atoms with Crippen LogP contribution in [0.15, 0.2) is 54.9 Å². The molecule has 3 heterocycles. The molecule has 2 aromatic heterocycles. The van der Waals surface area contributed by atoms with Gasteiger partial charge >= 0.3 is 0 Å². The van der Waals surface area contributed by atoms with E-state index in [4.69, 9.17) is 9.72 Å². The number of nitrogens with zero attached hydrogens (tertiary/aromatic N) is 6. The van der Waals surface area contributed by atoms with Crippen molar-refractivity contribution in [2.75, 3.05) is 62.1 Å². The van der Waals surface area contributed by atoms with Crippen molar-refractivity contribution in [1.29, 1.82) is 0 Å². The molecule has 1 N–H and O–H groups in total. The van der Waals surface area contributed by atoms with Crippen molar-refractivity contribution in [3.05, 3.63) is 66.2 Å². The number of fused-ring (bicyclic) bond motifs is 1. The first kappa shape index (κ1) is 28.6. The number of benzene rings is 2. The lowest BCUT2D eigenvalue weighted by Gasteiger charge is -2.36. The molecule has 2 aromatic carbocycles. The Bertz CT molecular complexity index is 1650. The summed E-state index contributed by atoms with van der Waals surface area (Å²) < 4.78 is 48.3. The van der Waals surface area contributed by atoms with Gasteiger partial charge in [0.25, 0.3) is 0 Å². The van der Waals surface area contributed by atoms with E-state index in [1.165, 1.54) is 23.7 Å². The molecule has 1 aliphatic rings. The van der Waals surface area contributed by atoms with Gasteiger partial charge < -0.3 is 24.4 Å². The van der Waals surface area contributed by atoms with E-state index >= 15 is 4.39 Å². The number of piperidine rings is 1. The van der Waals surface area contributed by atoms with E-state index in [1.807, 2.05) is 29.0 Å². The normalized spacial score (nSPS) is 14.6. The average molecular weight is 582 g/mol. The predicted octanol–water partition coefficient (Wildman–Crippen LogP) is 4.30. The second kappa shape index (κ2) is 11.5. The molecule has 0 aliphatic carbocycles. The summed E-state index contributed by atoms with van der Waals surface area (Å²) in [4.78, 5) is 13.4. The molecule has 0 radical (unpaired) electrons. The van der Waals surface area contributed by atoms with Crippen LogP contribution in [0.1, 0.15) is 18.4 Å². The number of rotatable bonds is 9. The topological polar surface area (TPSA) is 95.8 Å². The molecule has 1 aliphatic heterocycles. The largest absolute Gasteiger partial charge is 0.497 e. The third-order valence-corrected chi connectivity index (χ3v) is 8.90. The highest BCUT2D eigenvalue weighted by Gasteiger charge is 2.23. The Kier molecular flexibility index (Phi) is 8.05. The number of nitrogens with one attached hydrogen (secondary N) is 1. The second-order valence-electron chi connectivity index (χ2n) is 10.6. The van der Waals surface area contributed by atoms with E-state index in [0.717, 1.165) is 36.9 Å². The van der Waals surface area contributed by atoms with Crippen LogP contribution in [-0.4, -0.2) is 81.5 Å². The summed E-state index contributed by atoms with van der Waals surface area (Å²) >= 11 is 0. The van der Waals surface area contributed by atoms with Crippen molar-refractivity contribution >= 4 is 44.1 Å². The Labute approximate surface area is 240 Å². The number of halogens is 1. The van der Waals surface area contributed by atoms with Crippen molar-refractivity contribution in [3.63, 3.8) is 0 Å². The van der Waals surface area contributed by atoms with E-state index in [1.54, 1.807) is 31.5 Å². The molecule has 0 saturated carbocycles. The first-order valence-corrected chi connectivity index (χ1v) is 15.3. The summed E-state index contributed by atoms with van der Waals surface area (Å²) in [6.07, 6.45) is 6.75. The number of anilines is 4. The molecule has 10 nitrogen and oxygen atoms in total. The molecule has 0 unspecified atom stereocenters. The number of ether oxygens (including phenoxy) is 1. The molecule has 0 spiro atoms. The van der Waals surface area contributed by atoms with Crippen molar-refractivity contribution < 1.29 is 17.5 Å². The maximum absolute atomic E-state index is 15.2. The molecule has 218 valence electrons. The summed E-state index contributed by atoms with van der Waals surface area (Å²) in [7, 11) is 3.80. The molecular formula is C29H36FN7O3S. The molecule has 0 atom stereocenters. The zero-order valence-corrected chi connectivity index (χ0v) is 24.8. The molecule has 1 fully saturated rings. The zero-order valence-electron chi connectivity index (χ0n) is 24.0. The summed E-state index contributed by atoms with van der Waals surface area (Å²) in [6, 6.07) is 12.8. The molecule has 5 rings (SSSR count). The van der Waals surface area contributed by atoms with Gasteiger partial charge in [0.1, 0.15) is 17.2 Å². The van der Waals surface area contributed by atoms with Crippen LogP contribution in [0.5, 0.6) is 5.75 Å². The fraction of sp³-hybridized carbons (Fsp3) is 0.379. The lowest BCUT2D eigenvalue weighted by atomic mass is 10.0. The van der Waals surface area contributed by atoms with Crippen molar-refractivity contribution in [3.8, 4) is 5.75 Å². The van der Waals surface area contributed by atoms with Gasteiger partial charge in [0.2, 0.25) is 16.0 Å². The lowest BCUT2D eigenvalue weighted by molar-refractivity contribution is 0.249. The van der Waals surface area contributed by atoms with Crippen LogP contribution in [0.4, 0.5) is 27.4 Å². The fourth-order valence-electron chi connectivity index (χ4n) is 5.24. The summed E-state index contributed by atoms with van der Waals surface area (Å²) in [5.74, 6) is 0.658. The van der Waals surface area contributed by atoms with Crippen LogP contribution in [0.3, 0.4) is 0 Å². The lowest BCUT2D eigenvalue weighted by Crippen LogP contribution is -2.42. The van der Waals surface area contributed by atoms with Gasteiger partial charge in [-0.3, -0.25) is 4.31 Å². The third kappa shape index (κ3) is 6.23. The second-order valence-corrected chi connectivity index (χ2v) is 12.6. The van der Waals surface area contributed by atoms with Crippen LogP contribution in [0, 0.1) is 5.82 Å². The average Bonchev–Trinajstić information content (AvgIpc) is 3.34. The zero-order chi connectivity index (χ0) is 29.3. The van der Waals surface area contributed by atoms with Crippen LogP contribution in [0.25, 0.3) is 11.0 Å². The number of hydrogen-bond donors (Lipinski definition) is 1. The van der Waals surface area contributed by atoms with E-state index in [-0.39, 0.29) is 5.82 Å². The molecular weight excluding hydrogens is 545 g/mol. The Balaban J connectivity index is 1.37. The Morgan fingerprint density at radius 1 is 1.10 bits per heavy atom. The minimum absolute atomic E-state index is 0.289. The number of methoxy groups -OCH3 is 1. The molecule has 41 heavy (non-hydrogen) atoms. The maximum atomic E-state index is 15.2. The Morgan fingerprint density at radius 3 is 2.51 bits per heavy atom. The summed E-state index contributed by atoms with van der Waals surface area (Å²) in [5.41, 5.74) is 3.10. The van der Waals surface area contributed by atoms with Crippen LogP contribution < -0.4 is 19.3 Å². The smallest absolute Gasteiger partial charge is 0.232 e. The van der Waals surface area contributed by atoms with Crippen molar-refractivity contribution in [2.45, 2.75) is 25.4 Å². The van der Waals surface area contributed by atoms with Crippen LogP contribution >= 0.6 is 0 Å². The van der Waals surface area contributed by atoms with Gasteiger partial charge in [-0.05, 0) is 75.0 Å². The monoisotopic (exact) mass is 581 g/mol. The van der Waals surface area contributed by atoms with E-state index in [9.17, 15) is 8.42 Å². The Morgan fingerprint density at radius 2 is 1.85 bits per heavy atom. The molecule has 0 bridgehead atoms. The van der Waals surface area contributed by atoms with E-state index in [0.29, 0.717) is 47.0 Å². The van der Waals surface area contributed by atoms with Gasteiger partial charge in [-0.2, -0.15) is 4.98 Å². The van der Waals surface area contributed by atoms with Gasteiger partial charge in [-0.25, -0.2) is 17.8 Å². The SMILES string of the molecule is COc1ccc(N(C)S(C)(=O)=O)c(Cn2ccc3cnc(Nc4ccc(N5CCC(N(C)C)CC5)c(F)c4)nc32)c1. The summed E-state index contributed by atoms with van der Waals surface area (Å²) in [5, 5.41) is 3.95. The van der Waals surface area contributed by atoms with Gasteiger partial charge in [-0.15, -0.1) is 0 Å². The number of hydrogen-bond acceptors (Lipinski definition) is 8. The maximum Gasteiger partial charge on any atom is 0.232 e. The molecule has 1 saturated heterocycles. The minimum Gasteiger partial charge on any atom is -0.497 e. The summed E-state index contributed by atoms with van der Waals surface area (Å²) in [6.45, 7) is 1.98. The Hall–Kier alpha value is -3.90. The molecule has 12 heteroatoms. The van der Waals surface area contributed by atoms with Crippen molar-refractivity contribution in [2.24, 2.45) is 0 Å². The fourth-order valence-corrected chi connectivity index (χ4v) is 5.77. The third-order valence-electron chi connectivity index (χ3n) is 7.71.